The predicted octanol–water partition coefficient (Wildman–Crippen LogP) is 2.68. The third-order valence-corrected chi connectivity index (χ3v) is 3.58. The molecule has 18 heavy (non-hydrogen) atoms. The van der Waals surface area contributed by atoms with Crippen molar-refractivity contribution in [2.75, 3.05) is 26.7 Å². The number of rotatable bonds is 8. The van der Waals surface area contributed by atoms with Gasteiger partial charge in [-0.2, -0.15) is 0 Å². The zero-order chi connectivity index (χ0) is 13.4. The molecule has 0 saturated heterocycles. The Balaban J connectivity index is 2.31. The molecule has 0 heterocycles. The fourth-order valence-corrected chi connectivity index (χ4v) is 2.25. The maximum absolute atomic E-state index is 3.58. The first-order chi connectivity index (χ1) is 8.67. The van der Waals surface area contributed by atoms with Crippen LogP contribution in [0.15, 0.2) is 18.2 Å². The Hall–Kier alpha value is -0.860. The highest BCUT2D eigenvalue weighted by Gasteiger charge is 2.04. The van der Waals surface area contributed by atoms with Gasteiger partial charge in [0.15, 0.2) is 0 Å². The molecule has 0 aromatic heterocycles. The van der Waals surface area contributed by atoms with Crippen LogP contribution in [0.5, 0.6) is 0 Å². The summed E-state index contributed by atoms with van der Waals surface area (Å²) in [5.74, 6) is 0.744. The molecule has 2 N–H and O–H groups in total. The third-order valence-electron chi connectivity index (χ3n) is 3.58. The van der Waals surface area contributed by atoms with Gasteiger partial charge in [-0.1, -0.05) is 37.1 Å². The summed E-state index contributed by atoms with van der Waals surface area (Å²) in [6, 6.07) is 6.72. The van der Waals surface area contributed by atoms with Gasteiger partial charge in [0, 0.05) is 0 Å². The second-order valence-corrected chi connectivity index (χ2v) is 5.22. The molecule has 0 fully saturated rings. The topological polar surface area (TPSA) is 24.1 Å². The molecule has 1 aromatic rings. The second-order valence-electron chi connectivity index (χ2n) is 5.22. The Kier molecular flexibility index (Phi) is 6.99. The molecule has 1 aromatic carbocycles. The van der Waals surface area contributed by atoms with Crippen LogP contribution in [0.1, 0.15) is 30.0 Å². The van der Waals surface area contributed by atoms with Crippen molar-refractivity contribution in [1.29, 1.82) is 0 Å². The molecule has 2 nitrogen and oxygen atoms in total. The first-order valence-electron chi connectivity index (χ1n) is 7.08. The van der Waals surface area contributed by atoms with Crippen LogP contribution < -0.4 is 10.6 Å². The quantitative estimate of drug-likeness (QED) is 0.691. The molecule has 102 valence electrons. The van der Waals surface area contributed by atoms with E-state index >= 15 is 0 Å². The highest BCUT2D eigenvalue weighted by molar-refractivity contribution is 5.30. The molecule has 1 unspecified atom stereocenters. The lowest BCUT2D eigenvalue weighted by atomic mass is 10.0. The van der Waals surface area contributed by atoms with Crippen molar-refractivity contribution in [2.24, 2.45) is 5.92 Å². The van der Waals surface area contributed by atoms with Crippen LogP contribution >= 0.6 is 0 Å². The Morgan fingerprint density at radius 3 is 2.61 bits per heavy atom. The van der Waals surface area contributed by atoms with E-state index in [-0.39, 0.29) is 0 Å². The van der Waals surface area contributed by atoms with Crippen LogP contribution in [0, 0.1) is 19.8 Å². The zero-order valence-electron chi connectivity index (χ0n) is 12.3. The average molecular weight is 248 g/mol. The van der Waals surface area contributed by atoms with E-state index in [1.165, 1.54) is 23.1 Å². The van der Waals surface area contributed by atoms with Crippen LogP contribution in [-0.2, 0) is 6.42 Å². The van der Waals surface area contributed by atoms with Crippen LogP contribution in [0.2, 0.25) is 0 Å². The molecule has 0 saturated carbocycles. The number of aryl methyl sites for hydroxylation is 2. The third kappa shape index (κ3) is 5.19. The lowest BCUT2D eigenvalue weighted by Gasteiger charge is -2.15. The van der Waals surface area contributed by atoms with Crippen molar-refractivity contribution in [3.05, 3.63) is 34.9 Å². The Morgan fingerprint density at radius 1 is 1.17 bits per heavy atom. The van der Waals surface area contributed by atoms with Gasteiger partial charge in [0.2, 0.25) is 0 Å². The molecule has 1 atom stereocenters. The zero-order valence-corrected chi connectivity index (χ0v) is 12.3. The fraction of sp³-hybridized carbons (Fsp3) is 0.625. The lowest BCUT2D eigenvalue weighted by molar-refractivity contribution is 0.447. The molecule has 1 rings (SSSR count). The summed E-state index contributed by atoms with van der Waals surface area (Å²) in [5, 5.41) is 6.83. The van der Waals surface area contributed by atoms with Crippen molar-refractivity contribution < 1.29 is 0 Å². The molecular formula is C16H28N2. The summed E-state index contributed by atoms with van der Waals surface area (Å²) in [6.45, 7) is 9.91. The van der Waals surface area contributed by atoms with Gasteiger partial charge < -0.3 is 10.6 Å². The minimum Gasteiger partial charge on any atom is -0.319 e. The molecular weight excluding hydrogens is 220 g/mol. The van der Waals surface area contributed by atoms with Crippen LogP contribution in [0.3, 0.4) is 0 Å². The minimum absolute atomic E-state index is 0.744. The number of benzene rings is 1. The maximum Gasteiger partial charge on any atom is -0.000812 e. The Labute approximate surface area is 112 Å². The van der Waals surface area contributed by atoms with E-state index in [0.29, 0.717) is 0 Å². The van der Waals surface area contributed by atoms with Gasteiger partial charge >= 0.3 is 0 Å². The van der Waals surface area contributed by atoms with E-state index in [4.69, 9.17) is 0 Å². The first kappa shape index (κ1) is 15.2. The van der Waals surface area contributed by atoms with Gasteiger partial charge in [0.05, 0.1) is 0 Å². The average Bonchev–Trinajstić information content (AvgIpc) is 2.37. The van der Waals surface area contributed by atoms with Crippen molar-refractivity contribution >= 4 is 0 Å². The summed E-state index contributed by atoms with van der Waals surface area (Å²) in [4.78, 5) is 0. The molecule has 0 radical (unpaired) electrons. The normalized spacial score (nSPS) is 12.7. The van der Waals surface area contributed by atoms with E-state index in [1.807, 2.05) is 7.05 Å². The van der Waals surface area contributed by atoms with Crippen molar-refractivity contribution in [3.63, 3.8) is 0 Å². The molecule has 0 amide bonds. The van der Waals surface area contributed by atoms with Crippen molar-refractivity contribution in [2.45, 2.75) is 33.6 Å². The monoisotopic (exact) mass is 248 g/mol. The van der Waals surface area contributed by atoms with Gasteiger partial charge in [-0.05, 0) is 64.0 Å². The first-order valence-corrected chi connectivity index (χ1v) is 7.08. The summed E-state index contributed by atoms with van der Waals surface area (Å²) >= 11 is 0. The molecule has 0 aliphatic carbocycles. The van der Waals surface area contributed by atoms with E-state index in [2.05, 4.69) is 49.6 Å². The summed E-state index contributed by atoms with van der Waals surface area (Å²) in [6.07, 6.45) is 2.36. The second kappa shape index (κ2) is 8.28. The van der Waals surface area contributed by atoms with Crippen molar-refractivity contribution in [1.82, 2.24) is 10.6 Å². The van der Waals surface area contributed by atoms with Crippen LogP contribution in [-0.4, -0.2) is 26.7 Å². The Morgan fingerprint density at radius 2 is 1.94 bits per heavy atom. The highest BCUT2D eigenvalue weighted by Crippen LogP contribution is 2.10. The van der Waals surface area contributed by atoms with E-state index in [1.54, 1.807) is 0 Å². The van der Waals surface area contributed by atoms with Gasteiger partial charge in [0.1, 0.15) is 0 Å². The summed E-state index contributed by atoms with van der Waals surface area (Å²) in [5.41, 5.74) is 4.24. The minimum atomic E-state index is 0.744. The maximum atomic E-state index is 3.58. The molecule has 0 aliphatic rings. The van der Waals surface area contributed by atoms with E-state index in [0.717, 1.165) is 32.0 Å². The lowest BCUT2D eigenvalue weighted by Crippen LogP contribution is -2.30. The summed E-state index contributed by atoms with van der Waals surface area (Å²) in [7, 11) is 2.03. The Bertz CT molecular complexity index is 347. The van der Waals surface area contributed by atoms with Crippen LogP contribution in [0.25, 0.3) is 0 Å². The molecule has 0 bridgehead atoms. The molecule has 0 aliphatic heterocycles. The molecule has 2 heteroatoms. The van der Waals surface area contributed by atoms with Gasteiger partial charge in [-0.25, -0.2) is 0 Å². The largest absolute Gasteiger partial charge is 0.319 e. The summed E-state index contributed by atoms with van der Waals surface area (Å²) < 4.78 is 0. The SMILES string of the molecule is CCC(CNC)CNCCc1cc(C)ccc1C. The fourth-order valence-electron chi connectivity index (χ4n) is 2.25. The van der Waals surface area contributed by atoms with Crippen LogP contribution in [0.4, 0.5) is 0 Å². The van der Waals surface area contributed by atoms with Gasteiger partial charge in [-0.3, -0.25) is 0 Å². The number of hydrogen-bond acceptors (Lipinski definition) is 2. The smallest absolute Gasteiger partial charge is 0.000812 e. The molecule has 0 spiro atoms. The number of hydrogen-bond donors (Lipinski definition) is 2. The van der Waals surface area contributed by atoms with Crippen molar-refractivity contribution in [3.8, 4) is 0 Å². The van der Waals surface area contributed by atoms with Gasteiger partial charge in [-0.15, -0.1) is 0 Å². The predicted molar refractivity (Wildman–Crippen MR) is 80.2 cm³/mol. The van der Waals surface area contributed by atoms with Gasteiger partial charge in [0.25, 0.3) is 0 Å². The standard InChI is InChI=1S/C16H28N2/c1-5-15(11-17-4)12-18-9-8-16-10-13(2)6-7-14(16)3/h6-7,10,15,17-18H,5,8-9,11-12H2,1-4H3. The van der Waals surface area contributed by atoms with E-state index < -0.39 is 0 Å². The number of nitrogens with one attached hydrogen (secondary N) is 2. The van der Waals surface area contributed by atoms with E-state index in [9.17, 15) is 0 Å². The highest BCUT2D eigenvalue weighted by atomic mass is 14.9.